The quantitative estimate of drug-likeness (QED) is 0.939. The Bertz CT molecular complexity index is 716. The Morgan fingerprint density at radius 2 is 2.00 bits per heavy atom. The Balaban J connectivity index is 1.67. The van der Waals surface area contributed by atoms with Gasteiger partial charge in [-0.25, -0.2) is 4.98 Å². The van der Waals surface area contributed by atoms with Crippen LogP contribution in [-0.2, 0) is 11.2 Å². The van der Waals surface area contributed by atoms with E-state index in [-0.39, 0.29) is 16.4 Å². The number of thioether (sulfide) groups is 1. The minimum atomic E-state index is -0.350. The van der Waals surface area contributed by atoms with Gasteiger partial charge in [0.2, 0.25) is 11.8 Å². The molecule has 1 aliphatic rings. The number of ether oxygens (including phenoxy) is 1. The fourth-order valence-corrected chi connectivity index (χ4v) is 2.98. The first-order chi connectivity index (χ1) is 10.6. The fraction of sp³-hybridized carbons (Fsp3) is 0.188. The van der Waals surface area contributed by atoms with Crippen LogP contribution in [0, 0.1) is 6.92 Å². The maximum absolute atomic E-state index is 11.5. The first-order valence-electron chi connectivity index (χ1n) is 6.82. The molecule has 1 fully saturated rings. The highest BCUT2D eigenvalue weighted by Crippen LogP contribution is 2.26. The van der Waals surface area contributed by atoms with E-state index in [1.54, 1.807) is 6.20 Å². The molecule has 0 spiro atoms. The first kappa shape index (κ1) is 14.6. The lowest BCUT2D eigenvalue weighted by atomic mass is 10.1. The van der Waals surface area contributed by atoms with E-state index < -0.39 is 0 Å². The molecule has 5 nitrogen and oxygen atoms in total. The highest BCUT2D eigenvalue weighted by molar-refractivity contribution is 8.15. The lowest BCUT2D eigenvalue weighted by Crippen LogP contribution is -2.25. The molecule has 6 heteroatoms. The molecule has 0 saturated carbocycles. The Kier molecular flexibility index (Phi) is 4.11. The van der Waals surface area contributed by atoms with Gasteiger partial charge >= 0.3 is 0 Å². The van der Waals surface area contributed by atoms with Gasteiger partial charge in [-0.05, 0) is 37.1 Å². The normalized spacial score (nSPS) is 17.4. The molecule has 2 heterocycles. The topological polar surface area (TPSA) is 68.3 Å². The second-order valence-corrected chi connectivity index (χ2v) is 6.13. The van der Waals surface area contributed by atoms with Crippen LogP contribution in [0.15, 0.2) is 42.6 Å². The summed E-state index contributed by atoms with van der Waals surface area (Å²) < 4.78 is 5.72. The van der Waals surface area contributed by atoms with E-state index in [9.17, 15) is 9.59 Å². The molecule has 1 aliphatic heterocycles. The van der Waals surface area contributed by atoms with Crippen molar-refractivity contribution in [3.8, 4) is 11.6 Å². The number of aryl methyl sites for hydroxylation is 1. The van der Waals surface area contributed by atoms with Crippen molar-refractivity contribution in [1.29, 1.82) is 0 Å². The number of benzene rings is 1. The summed E-state index contributed by atoms with van der Waals surface area (Å²) in [5, 5.41) is 1.66. The monoisotopic (exact) mass is 314 g/mol. The average molecular weight is 314 g/mol. The molecule has 3 rings (SSSR count). The lowest BCUT2D eigenvalue weighted by molar-refractivity contribution is -0.118. The molecule has 1 N–H and O–H groups in total. The number of hydrogen-bond donors (Lipinski definition) is 1. The van der Waals surface area contributed by atoms with E-state index in [1.807, 2.05) is 43.3 Å². The third-order valence-corrected chi connectivity index (χ3v) is 4.27. The molecule has 112 valence electrons. The minimum Gasteiger partial charge on any atom is -0.439 e. The maximum atomic E-state index is 11.5. The van der Waals surface area contributed by atoms with Gasteiger partial charge in [0, 0.05) is 11.8 Å². The number of rotatable bonds is 4. The van der Waals surface area contributed by atoms with Gasteiger partial charge in [0.15, 0.2) is 0 Å². The SMILES string of the molecule is Cc1cccnc1Oc1ccc(CC2SC(=O)NC2=O)cc1. The number of nitrogens with zero attached hydrogens (tertiary/aromatic N) is 1. The lowest BCUT2D eigenvalue weighted by Gasteiger charge is -2.09. The van der Waals surface area contributed by atoms with Gasteiger partial charge in [0.1, 0.15) is 5.75 Å². The Hall–Kier alpha value is -2.34. The highest BCUT2D eigenvalue weighted by atomic mass is 32.2. The van der Waals surface area contributed by atoms with Gasteiger partial charge in [-0.1, -0.05) is 30.0 Å². The molecule has 1 saturated heterocycles. The predicted octanol–water partition coefficient (Wildman–Crippen LogP) is 3.08. The van der Waals surface area contributed by atoms with Crippen molar-refractivity contribution in [1.82, 2.24) is 10.3 Å². The van der Waals surface area contributed by atoms with Crippen LogP contribution < -0.4 is 10.1 Å². The molecule has 2 aromatic rings. The van der Waals surface area contributed by atoms with Crippen molar-refractivity contribution in [3.05, 3.63) is 53.7 Å². The second kappa shape index (κ2) is 6.19. The summed E-state index contributed by atoms with van der Waals surface area (Å²) in [6, 6.07) is 11.3. The number of imide groups is 1. The molecular weight excluding hydrogens is 300 g/mol. The molecule has 1 aromatic carbocycles. The summed E-state index contributed by atoms with van der Waals surface area (Å²) in [4.78, 5) is 26.9. The van der Waals surface area contributed by atoms with Crippen molar-refractivity contribution in [2.45, 2.75) is 18.6 Å². The number of carbonyl (C=O) groups is 2. The van der Waals surface area contributed by atoms with Crippen molar-refractivity contribution in [2.24, 2.45) is 0 Å². The number of carbonyl (C=O) groups excluding carboxylic acids is 2. The molecular formula is C16H14N2O3S. The van der Waals surface area contributed by atoms with Crippen LogP contribution in [0.5, 0.6) is 11.6 Å². The summed E-state index contributed by atoms with van der Waals surface area (Å²) >= 11 is 1.04. The van der Waals surface area contributed by atoms with Crippen LogP contribution in [0.1, 0.15) is 11.1 Å². The van der Waals surface area contributed by atoms with Crippen molar-refractivity contribution in [3.63, 3.8) is 0 Å². The van der Waals surface area contributed by atoms with E-state index in [0.29, 0.717) is 18.1 Å². The zero-order chi connectivity index (χ0) is 15.5. The minimum absolute atomic E-state index is 0.223. The Morgan fingerprint density at radius 1 is 1.23 bits per heavy atom. The number of pyridine rings is 1. The van der Waals surface area contributed by atoms with Crippen LogP contribution in [0.25, 0.3) is 0 Å². The Labute approximate surface area is 132 Å². The molecule has 0 aliphatic carbocycles. The number of hydrogen-bond acceptors (Lipinski definition) is 5. The highest BCUT2D eigenvalue weighted by Gasteiger charge is 2.31. The second-order valence-electron chi connectivity index (χ2n) is 4.96. The van der Waals surface area contributed by atoms with E-state index in [0.717, 1.165) is 22.9 Å². The van der Waals surface area contributed by atoms with Crippen molar-refractivity contribution < 1.29 is 14.3 Å². The van der Waals surface area contributed by atoms with E-state index >= 15 is 0 Å². The maximum Gasteiger partial charge on any atom is 0.286 e. The predicted molar refractivity (Wildman–Crippen MR) is 84.1 cm³/mol. The van der Waals surface area contributed by atoms with Crippen LogP contribution >= 0.6 is 11.8 Å². The first-order valence-corrected chi connectivity index (χ1v) is 7.69. The van der Waals surface area contributed by atoms with Gasteiger partial charge in [-0.15, -0.1) is 0 Å². The van der Waals surface area contributed by atoms with E-state index in [2.05, 4.69) is 10.3 Å². The smallest absolute Gasteiger partial charge is 0.286 e. The number of aromatic nitrogens is 1. The van der Waals surface area contributed by atoms with Crippen molar-refractivity contribution in [2.75, 3.05) is 0 Å². The fourth-order valence-electron chi connectivity index (χ4n) is 2.12. The molecule has 1 atom stereocenters. The van der Waals surface area contributed by atoms with Gasteiger partial charge in [0.25, 0.3) is 5.24 Å². The van der Waals surface area contributed by atoms with Crippen LogP contribution in [0.2, 0.25) is 0 Å². The average Bonchev–Trinajstić information content (AvgIpc) is 2.81. The van der Waals surface area contributed by atoms with Gasteiger partial charge in [-0.2, -0.15) is 0 Å². The number of nitrogens with one attached hydrogen (secondary N) is 1. The summed E-state index contributed by atoms with van der Waals surface area (Å²) in [7, 11) is 0. The summed E-state index contributed by atoms with van der Waals surface area (Å²) in [5.41, 5.74) is 1.94. The molecule has 1 aromatic heterocycles. The molecule has 2 amide bonds. The largest absolute Gasteiger partial charge is 0.439 e. The zero-order valence-electron chi connectivity index (χ0n) is 11.9. The van der Waals surface area contributed by atoms with Gasteiger partial charge < -0.3 is 4.74 Å². The molecule has 0 radical (unpaired) electrons. The molecule has 22 heavy (non-hydrogen) atoms. The van der Waals surface area contributed by atoms with Gasteiger partial charge in [-0.3, -0.25) is 14.9 Å². The van der Waals surface area contributed by atoms with Gasteiger partial charge in [0.05, 0.1) is 5.25 Å². The van der Waals surface area contributed by atoms with E-state index in [1.165, 1.54) is 0 Å². The number of amides is 2. The molecule has 0 bridgehead atoms. The zero-order valence-corrected chi connectivity index (χ0v) is 12.7. The van der Waals surface area contributed by atoms with Crippen molar-refractivity contribution >= 4 is 22.9 Å². The third kappa shape index (κ3) is 3.28. The third-order valence-electron chi connectivity index (χ3n) is 3.29. The molecule has 1 unspecified atom stereocenters. The Morgan fingerprint density at radius 3 is 2.64 bits per heavy atom. The van der Waals surface area contributed by atoms with Crippen LogP contribution in [-0.4, -0.2) is 21.4 Å². The standard InChI is InChI=1S/C16H14N2O3S/c1-10-3-2-8-17-15(10)21-12-6-4-11(5-7-12)9-13-14(19)18-16(20)22-13/h2-8,13H,9H2,1H3,(H,18,19,20). The van der Waals surface area contributed by atoms with Crippen LogP contribution in [0.3, 0.4) is 0 Å². The van der Waals surface area contributed by atoms with E-state index in [4.69, 9.17) is 4.74 Å². The summed E-state index contributed by atoms with van der Waals surface area (Å²) in [5.74, 6) is 1.04. The summed E-state index contributed by atoms with van der Waals surface area (Å²) in [6.45, 7) is 1.93. The van der Waals surface area contributed by atoms with Crippen LogP contribution in [0.4, 0.5) is 4.79 Å². The summed E-state index contributed by atoms with van der Waals surface area (Å²) in [6.07, 6.45) is 2.20.